The van der Waals surface area contributed by atoms with Crippen molar-refractivity contribution in [2.24, 2.45) is 0 Å². The third-order valence-electron chi connectivity index (χ3n) is 3.34. The van der Waals surface area contributed by atoms with Crippen molar-refractivity contribution in [1.82, 2.24) is 10.3 Å². The molecule has 0 aliphatic heterocycles. The van der Waals surface area contributed by atoms with Crippen molar-refractivity contribution in [3.05, 3.63) is 54.1 Å². The molecule has 6 nitrogen and oxygen atoms in total. The largest absolute Gasteiger partial charge is 0.336 e. The Morgan fingerprint density at radius 1 is 1.00 bits per heavy atom. The van der Waals surface area contributed by atoms with Crippen molar-refractivity contribution < 1.29 is 9.59 Å². The first kappa shape index (κ1) is 16.9. The molecular formula is C18H18N4O2S. The molecule has 3 N–H and O–H groups in total. The fourth-order valence-corrected chi connectivity index (χ4v) is 3.09. The third-order valence-corrected chi connectivity index (χ3v) is 4.29. The molecule has 0 atom stereocenters. The molecule has 0 fully saturated rings. The number of urea groups is 1. The summed E-state index contributed by atoms with van der Waals surface area (Å²) in [4.78, 5) is 28.4. The Kier molecular flexibility index (Phi) is 4.95. The molecule has 0 spiro atoms. The number of amides is 3. The maximum Gasteiger partial charge on any atom is 0.319 e. The molecular weight excluding hydrogens is 336 g/mol. The van der Waals surface area contributed by atoms with E-state index in [0.717, 1.165) is 10.2 Å². The summed E-state index contributed by atoms with van der Waals surface area (Å²) in [5.74, 6) is -0.239. The summed E-state index contributed by atoms with van der Waals surface area (Å²) in [6.45, 7) is 3.77. The van der Waals surface area contributed by atoms with E-state index < -0.39 is 0 Å². The van der Waals surface area contributed by atoms with Crippen molar-refractivity contribution >= 4 is 44.3 Å². The van der Waals surface area contributed by atoms with E-state index in [-0.39, 0.29) is 18.0 Å². The molecule has 0 bridgehead atoms. The van der Waals surface area contributed by atoms with Crippen LogP contribution in [0.15, 0.2) is 48.5 Å². The van der Waals surface area contributed by atoms with Crippen molar-refractivity contribution in [2.75, 3.05) is 10.6 Å². The monoisotopic (exact) mass is 354 g/mol. The SMILES string of the molecule is CC(C)NC(=O)Nc1ccc(C(=O)Nc2nc3ccccc3s2)cc1. The molecule has 0 radical (unpaired) electrons. The van der Waals surface area contributed by atoms with Gasteiger partial charge in [-0.1, -0.05) is 23.5 Å². The van der Waals surface area contributed by atoms with Crippen LogP contribution in [-0.2, 0) is 0 Å². The molecule has 1 heterocycles. The highest BCUT2D eigenvalue weighted by Gasteiger charge is 2.10. The highest BCUT2D eigenvalue weighted by Crippen LogP contribution is 2.25. The van der Waals surface area contributed by atoms with Crippen LogP contribution in [0, 0.1) is 0 Å². The Hall–Kier alpha value is -2.93. The van der Waals surface area contributed by atoms with Gasteiger partial charge >= 0.3 is 6.03 Å². The molecule has 2 aromatic carbocycles. The van der Waals surface area contributed by atoms with E-state index in [1.165, 1.54) is 11.3 Å². The quantitative estimate of drug-likeness (QED) is 0.660. The van der Waals surface area contributed by atoms with Gasteiger partial charge in [-0.05, 0) is 50.2 Å². The normalized spacial score (nSPS) is 10.7. The predicted molar refractivity (Wildman–Crippen MR) is 101 cm³/mol. The van der Waals surface area contributed by atoms with Crippen LogP contribution in [0.5, 0.6) is 0 Å². The third kappa shape index (κ3) is 4.33. The highest BCUT2D eigenvalue weighted by molar-refractivity contribution is 7.22. The zero-order valence-electron chi connectivity index (χ0n) is 13.9. The van der Waals surface area contributed by atoms with Gasteiger partial charge in [-0.25, -0.2) is 9.78 Å². The number of hydrogen-bond donors (Lipinski definition) is 3. The van der Waals surface area contributed by atoms with E-state index in [4.69, 9.17) is 0 Å². The van der Waals surface area contributed by atoms with Crippen molar-refractivity contribution in [3.8, 4) is 0 Å². The number of hydrogen-bond acceptors (Lipinski definition) is 4. The van der Waals surface area contributed by atoms with E-state index in [9.17, 15) is 9.59 Å². The minimum Gasteiger partial charge on any atom is -0.336 e. The van der Waals surface area contributed by atoms with E-state index >= 15 is 0 Å². The van der Waals surface area contributed by atoms with E-state index in [2.05, 4.69) is 20.9 Å². The first-order chi connectivity index (χ1) is 12.0. The molecule has 3 rings (SSSR count). The molecule has 0 unspecified atom stereocenters. The smallest absolute Gasteiger partial charge is 0.319 e. The summed E-state index contributed by atoms with van der Waals surface area (Å²) < 4.78 is 1.02. The second kappa shape index (κ2) is 7.31. The molecule has 1 aromatic heterocycles. The van der Waals surface area contributed by atoms with Gasteiger partial charge in [-0.15, -0.1) is 0 Å². The molecule has 0 aliphatic carbocycles. The Labute approximate surface area is 149 Å². The summed E-state index contributed by atoms with van der Waals surface area (Å²) >= 11 is 1.43. The summed E-state index contributed by atoms with van der Waals surface area (Å²) in [7, 11) is 0. The van der Waals surface area contributed by atoms with Gasteiger partial charge < -0.3 is 10.6 Å². The highest BCUT2D eigenvalue weighted by atomic mass is 32.1. The lowest BCUT2D eigenvalue weighted by Crippen LogP contribution is -2.34. The summed E-state index contributed by atoms with van der Waals surface area (Å²) in [6, 6.07) is 14.2. The number of nitrogens with one attached hydrogen (secondary N) is 3. The Morgan fingerprint density at radius 3 is 2.40 bits per heavy atom. The topological polar surface area (TPSA) is 83.1 Å². The number of aromatic nitrogens is 1. The van der Waals surface area contributed by atoms with Gasteiger partial charge in [0.15, 0.2) is 5.13 Å². The summed E-state index contributed by atoms with van der Waals surface area (Å²) in [5, 5.41) is 8.82. The summed E-state index contributed by atoms with van der Waals surface area (Å²) in [5.41, 5.74) is 1.97. The molecule has 0 saturated carbocycles. The molecule has 7 heteroatoms. The zero-order valence-corrected chi connectivity index (χ0v) is 14.7. The van der Waals surface area contributed by atoms with Gasteiger partial charge in [-0.3, -0.25) is 10.1 Å². The molecule has 128 valence electrons. The molecule has 25 heavy (non-hydrogen) atoms. The number of benzene rings is 2. The van der Waals surface area contributed by atoms with Gasteiger partial charge in [0, 0.05) is 17.3 Å². The van der Waals surface area contributed by atoms with Crippen LogP contribution in [-0.4, -0.2) is 23.0 Å². The predicted octanol–water partition coefficient (Wildman–Crippen LogP) is 4.08. The van der Waals surface area contributed by atoms with Crippen molar-refractivity contribution in [1.29, 1.82) is 0 Å². The Bertz CT molecular complexity index is 870. The maximum atomic E-state index is 12.3. The summed E-state index contributed by atoms with van der Waals surface area (Å²) in [6.07, 6.45) is 0. The number of thiazole rings is 1. The van der Waals surface area contributed by atoms with Crippen LogP contribution in [0.3, 0.4) is 0 Å². The van der Waals surface area contributed by atoms with Crippen LogP contribution in [0.1, 0.15) is 24.2 Å². The standard InChI is InChI=1S/C18H18N4O2S/c1-11(2)19-17(24)20-13-9-7-12(8-10-13)16(23)22-18-21-14-5-3-4-6-15(14)25-18/h3-11H,1-2H3,(H2,19,20,24)(H,21,22,23). The van der Waals surface area contributed by atoms with E-state index in [0.29, 0.717) is 16.4 Å². The number of anilines is 2. The fourth-order valence-electron chi connectivity index (χ4n) is 2.23. The lowest BCUT2D eigenvalue weighted by Gasteiger charge is -2.10. The molecule has 0 aliphatic rings. The molecule has 0 saturated heterocycles. The molecule has 3 amide bonds. The van der Waals surface area contributed by atoms with Gasteiger partial charge in [0.2, 0.25) is 0 Å². The van der Waals surface area contributed by atoms with Crippen molar-refractivity contribution in [2.45, 2.75) is 19.9 Å². The fraction of sp³-hybridized carbons (Fsp3) is 0.167. The number of fused-ring (bicyclic) bond motifs is 1. The van der Waals surface area contributed by atoms with Crippen molar-refractivity contribution in [3.63, 3.8) is 0 Å². The van der Waals surface area contributed by atoms with Crippen LogP contribution >= 0.6 is 11.3 Å². The zero-order chi connectivity index (χ0) is 17.8. The average molecular weight is 354 g/mol. The minimum atomic E-state index is -0.276. The molecule has 3 aromatic rings. The van der Waals surface area contributed by atoms with Gasteiger partial charge in [-0.2, -0.15) is 0 Å². The van der Waals surface area contributed by atoms with E-state index in [1.807, 2.05) is 38.1 Å². The Morgan fingerprint density at radius 2 is 1.72 bits per heavy atom. The first-order valence-corrected chi connectivity index (χ1v) is 8.67. The second-order valence-corrected chi connectivity index (χ2v) is 6.80. The van der Waals surface area contributed by atoms with Gasteiger partial charge in [0.1, 0.15) is 0 Å². The second-order valence-electron chi connectivity index (χ2n) is 5.77. The number of carbonyl (C=O) groups is 2. The van der Waals surface area contributed by atoms with Crippen LogP contribution in [0.25, 0.3) is 10.2 Å². The number of rotatable bonds is 4. The van der Waals surface area contributed by atoms with Crippen LogP contribution in [0.4, 0.5) is 15.6 Å². The van der Waals surface area contributed by atoms with Crippen LogP contribution in [0.2, 0.25) is 0 Å². The van der Waals surface area contributed by atoms with Gasteiger partial charge in [0.25, 0.3) is 5.91 Å². The van der Waals surface area contributed by atoms with E-state index in [1.54, 1.807) is 24.3 Å². The lowest BCUT2D eigenvalue weighted by molar-refractivity contribution is 0.102. The lowest BCUT2D eigenvalue weighted by atomic mass is 10.2. The minimum absolute atomic E-state index is 0.0545. The first-order valence-electron chi connectivity index (χ1n) is 7.86. The number of nitrogens with zero attached hydrogens (tertiary/aromatic N) is 1. The maximum absolute atomic E-state index is 12.3. The number of carbonyl (C=O) groups excluding carboxylic acids is 2. The Balaban J connectivity index is 1.65. The van der Waals surface area contributed by atoms with Crippen LogP contribution < -0.4 is 16.0 Å². The van der Waals surface area contributed by atoms with Gasteiger partial charge in [0.05, 0.1) is 10.2 Å². The number of para-hydroxylation sites is 1. The average Bonchev–Trinajstić information content (AvgIpc) is 2.96.